The van der Waals surface area contributed by atoms with Crippen molar-refractivity contribution in [3.63, 3.8) is 0 Å². The van der Waals surface area contributed by atoms with Crippen LogP contribution in [0.25, 0.3) is 0 Å². The van der Waals surface area contributed by atoms with E-state index >= 15 is 0 Å². The summed E-state index contributed by atoms with van der Waals surface area (Å²) in [4.78, 5) is 12.3. The van der Waals surface area contributed by atoms with Gasteiger partial charge in [0.15, 0.2) is 11.5 Å². The average Bonchev–Trinajstić information content (AvgIpc) is 2.91. The van der Waals surface area contributed by atoms with E-state index in [1.807, 2.05) is 0 Å². The van der Waals surface area contributed by atoms with Gasteiger partial charge in [0.05, 0.1) is 6.54 Å². The second kappa shape index (κ2) is 6.67. The number of nitrogen functional groups attached to an aromatic ring is 1. The van der Waals surface area contributed by atoms with Crippen molar-refractivity contribution in [2.24, 2.45) is 0 Å². The Morgan fingerprint density at radius 3 is 2.71 bits per heavy atom. The van der Waals surface area contributed by atoms with Gasteiger partial charge in [-0.15, -0.1) is 5.10 Å². The first-order valence-electron chi connectivity index (χ1n) is 7.03. The first-order valence-corrected chi connectivity index (χ1v) is 7.41. The molecule has 0 atom stereocenters. The van der Waals surface area contributed by atoms with E-state index in [0.29, 0.717) is 10.7 Å². The number of nitrogens with two attached hydrogens (primary N) is 1. The van der Waals surface area contributed by atoms with Crippen LogP contribution in [0.2, 0.25) is 5.02 Å². The molecule has 0 aliphatic carbocycles. The lowest BCUT2D eigenvalue weighted by atomic mass is 10.2. The molecule has 0 saturated heterocycles. The van der Waals surface area contributed by atoms with E-state index in [4.69, 9.17) is 17.3 Å². The zero-order chi connectivity index (χ0) is 17.1. The molecule has 1 amide bonds. The highest BCUT2D eigenvalue weighted by Gasteiger charge is 2.18. The molecule has 2 aromatic carbocycles. The molecule has 0 unspecified atom stereocenters. The lowest BCUT2D eigenvalue weighted by Crippen LogP contribution is -2.15. The first-order chi connectivity index (χ1) is 11.5. The molecule has 0 spiro atoms. The van der Waals surface area contributed by atoms with Gasteiger partial charge in [-0.05, 0) is 35.9 Å². The second-order valence-corrected chi connectivity index (χ2v) is 5.51. The van der Waals surface area contributed by atoms with Crippen LogP contribution in [-0.2, 0) is 6.54 Å². The van der Waals surface area contributed by atoms with Gasteiger partial charge < -0.3 is 11.1 Å². The number of rotatable bonds is 4. The smallest absolute Gasteiger partial charge is 0.280 e. The molecule has 3 N–H and O–H groups in total. The molecule has 0 radical (unpaired) electrons. The van der Waals surface area contributed by atoms with Gasteiger partial charge in [-0.25, -0.2) is 9.07 Å². The zero-order valence-corrected chi connectivity index (χ0v) is 13.2. The van der Waals surface area contributed by atoms with E-state index < -0.39 is 5.91 Å². The van der Waals surface area contributed by atoms with Crippen molar-refractivity contribution in [3.8, 4) is 0 Å². The number of halogens is 2. The molecule has 0 bridgehead atoms. The minimum atomic E-state index is -0.486. The number of aromatic nitrogens is 3. The van der Waals surface area contributed by atoms with Crippen LogP contribution in [0.15, 0.2) is 48.5 Å². The number of amides is 1. The molecule has 0 aliphatic heterocycles. The Kier molecular flexibility index (Phi) is 4.43. The number of carbonyl (C=O) groups is 1. The highest BCUT2D eigenvalue weighted by molar-refractivity contribution is 6.31. The van der Waals surface area contributed by atoms with Crippen molar-refractivity contribution in [3.05, 3.63) is 70.6 Å². The van der Waals surface area contributed by atoms with E-state index in [2.05, 4.69) is 15.6 Å². The Labute approximate surface area is 142 Å². The molecule has 0 fully saturated rings. The monoisotopic (exact) mass is 345 g/mol. The van der Waals surface area contributed by atoms with Crippen LogP contribution >= 0.6 is 11.6 Å². The molecule has 122 valence electrons. The van der Waals surface area contributed by atoms with Crippen LogP contribution in [-0.4, -0.2) is 20.9 Å². The summed E-state index contributed by atoms with van der Waals surface area (Å²) >= 11 is 5.88. The van der Waals surface area contributed by atoms with E-state index in [9.17, 15) is 9.18 Å². The topological polar surface area (TPSA) is 85.8 Å². The van der Waals surface area contributed by atoms with Gasteiger partial charge in [0.2, 0.25) is 0 Å². The fraction of sp³-hybridized carbons (Fsp3) is 0.0625. The maximum absolute atomic E-state index is 12.9. The van der Waals surface area contributed by atoms with E-state index in [0.717, 1.165) is 5.56 Å². The third-order valence-electron chi connectivity index (χ3n) is 3.32. The van der Waals surface area contributed by atoms with Crippen molar-refractivity contribution >= 4 is 29.0 Å². The van der Waals surface area contributed by atoms with Crippen molar-refractivity contribution in [1.29, 1.82) is 0 Å². The number of nitrogens with zero attached hydrogens (tertiary/aromatic N) is 3. The summed E-state index contributed by atoms with van der Waals surface area (Å²) in [5, 5.41) is 10.8. The minimum Gasteiger partial charge on any atom is -0.382 e. The van der Waals surface area contributed by atoms with Crippen molar-refractivity contribution < 1.29 is 9.18 Å². The number of nitrogens with one attached hydrogen (secondary N) is 1. The maximum Gasteiger partial charge on any atom is 0.280 e. The molecule has 0 saturated carbocycles. The predicted molar refractivity (Wildman–Crippen MR) is 89.3 cm³/mol. The Bertz CT molecular complexity index is 878. The Morgan fingerprint density at radius 2 is 2.00 bits per heavy atom. The van der Waals surface area contributed by atoms with Crippen LogP contribution in [0, 0.1) is 5.82 Å². The summed E-state index contributed by atoms with van der Waals surface area (Å²) in [6.07, 6.45) is 0. The Morgan fingerprint density at radius 1 is 1.25 bits per heavy atom. The fourth-order valence-corrected chi connectivity index (χ4v) is 2.31. The van der Waals surface area contributed by atoms with Gasteiger partial charge in [-0.1, -0.05) is 35.0 Å². The molecule has 1 aromatic heterocycles. The standard InChI is InChI=1S/C16H13ClFN5O/c17-11-2-1-3-13(8-11)20-16(24)14-15(19)23(22-21-14)9-10-4-6-12(18)7-5-10/h1-8H,9,19H2,(H,20,24). The summed E-state index contributed by atoms with van der Waals surface area (Å²) in [6.45, 7) is 0.281. The molecule has 3 aromatic rings. The van der Waals surface area contributed by atoms with Crippen LogP contribution in [0.4, 0.5) is 15.9 Å². The van der Waals surface area contributed by atoms with E-state index in [1.54, 1.807) is 36.4 Å². The largest absolute Gasteiger partial charge is 0.382 e. The molecule has 0 aliphatic rings. The normalized spacial score (nSPS) is 10.6. The Balaban J connectivity index is 1.76. The average molecular weight is 346 g/mol. The first kappa shape index (κ1) is 15.9. The third kappa shape index (κ3) is 3.52. The number of benzene rings is 2. The molecular weight excluding hydrogens is 333 g/mol. The van der Waals surface area contributed by atoms with Crippen LogP contribution < -0.4 is 11.1 Å². The quantitative estimate of drug-likeness (QED) is 0.761. The van der Waals surface area contributed by atoms with Crippen LogP contribution in [0.3, 0.4) is 0 Å². The fourth-order valence-electron chi connectivity index (χ4n) is 2.12. The highest BCUT2D eigenvalue weighted by atomic mass is 35.5. The van der Waals surface area contributed by atoms with Gasteiger partial charge in [0, 0.05) is 10.7 Å². The number of hydrogen-bond acceptors (Lipinski definition) is 4. The van der Waals surface area contributed by atoms with Gasteiger partial charge in [-0.2, -0.15) is 0 Å². The zero-order valence-electron chi connectivity index (χ0n) is 12.4. The van der Waals surface area contributed by atoms with Crippen molar-refractivity contribution in [1.82, 2.24) is 15.0 Å². The molecule has 8 heteroatoms. The number of carbonyl (C=O) groups excluding carboxylic acids is 1. The summed E-state index contributed by atoms with van der Waals surface area (Å²) in [5.41, 5.74) is 7.27. The lowest BCUT2D eigenvalue weighted by molar-refractivity contribution is 0.102. The Hall–Kier alpha value is -2.93. The molecular formula is C16H13ClFN5O. The number of hydrogen-bond donors (Lipinski definition) is 2. The number of anilines is 2. The van der Waals surface area contributed by atoms with Crippen LogP contribution in [0.1, 0.15) is 16.1 Å². The summed E-state index contributed by atoms with van der Waals surface area (Å²) < 4.78 is 14.3. The predicted octanol–water partition coefficient (Wildman–Crippen LogP) is 2.95. The highest BCUT2D eigenvalue weighted by Crippen LogP contribution is 2.17. The van der Waals surface area contributed by atoms with Gasteiger partial charge >= 0.3 is 0 Å². The van der Waals surface area contributed by atoms with E-state index in [1.165, 1.54) is 16.8 Å². The molecule has 1 heterocycles. The third-order valence-corrected chi connectivity index (χ3v) is 3.55. The van der Waals surface area contributed by atoms with Crippen molar-refractivity contribution in [2.45, 2.75) is 6.54 Å². The summed E-state index contributed by atoms with van der Waals surface area (Å²) in [7, 11) is 0. The maximum atomic E-state index is 12.9. The molecule has 24 heavy (non-hydrogen) atoms. The lowest BCUT2D eigenvalue weighted by Gasteiger charge is -2.05. The van der Waals surface area contributed by atoms with Crippen LogP contribution in [0.5, 0.6) is 0 Å². The molecule has 6 nitrogen and oxygen atoms in total. The van der Waals surface area contributed by atoms with Gasteiger partial charge in [0.25, 0.3) is 5.91 Å². The van der Waals surface area contributed by atoms with Crippen molar-refractivity contribution in [2.75, 3.05) is 11.1 Å². The molecule has 3 rings (SSSR count). The van der Waals surface area contributed by atoms with Gasteiger partial charge in [-0.3, -0.25) is 4.79 Å². The summed E-state index contributed by atoms with van der Waals surface area (Å²) in [6, 6.07) is 12.6. The minimum absolute atomic E-state index is 0.0112. The SMILES string of the molecule is Nc1c(C(=O)Nc2cccc(Cl)c2)nnn1Cc1ccc(F)cc1. The summed E-state index contributed by atoms with van der Waals surface area (Å²) in [5.74, 6) is -0.689. The van der Waals surface area contributed by atoms with Gasteiger partial charge in [0.1, 0.15) is 5.82 Å². The second-order valence-electron chi connectivity index (χ2n) is 5.07. The van der Waals surface area contributed by atoms with E-state index in [-0.39, 0.29) is 23.9 Å².